The quantitative estimate of drug-likeness (QED) is 0.348. The molecule has 1 aromatic heterocycles. The van der Waals surface area contributed by atoms with Crippen molar-refractivity contribution >= 4 is 34.3 Å². The van der Waals surface area contributed by atoms with Crippen molar-refractivity contribution in [2.24, 2.45) is 0 Å². The molecular formula is C18H20N2O6. The van der Waals surface area contributed by atoms with E-state index in [0.29, 0.717) is 17.6 Å². The molecule has 0 amide bonds. The number of carbonyl (C=O) groups is 3. The van der Waals surface area contributed by atoms with Gasteiger partial charge < -0.3 is 19.1 Å². The minimum atomic E-state index is -1.19. The van der Waals surface area contributed by atoms with E-state index in [0.717, 1.165) is 0 Å². The van der Waals surface area contributed by atoms with Crippen molar-refractivity contribution in [1.82, 2.24) is 9.55 Å². The number of hydrogen-bond donors (Lipinski definition) is 1. The van der Waals surface area contributed by atoms with Gasteiger partial charge in [-0.25, -0.2) is 14.6 Å². The van der Waals surface area contributed by atoms with Gasteiger partial charge >= 0.3 is 11.9 Å². The number of aliphatic hydroxyl groups is 1. The fourth-order valence-corrected chi connectivity index (χ4v) is 2.50. The van der Waals surface area contributed by atoms with E-state index in [4.69, 9.17) is 9.47 Å². The van der Waals surface area contributed by atoms with Crippen molar-refractivity contribution in [3.63, 3.8) is 0 Å². The molecule has 1 N–H and O–H groups in total. The minimum Gasteiger partial charge on any atom is -0.501 e. The van der Waals surface area contributed by atoms with Crippen LogP contribution in [-0.2, 0) is 30.4 Å². The lowest BCUT2D eigenvalue weighted by Gasteiger charge is -2.11. The summed E-state index contributed by atoms with van der Waals surface area (Å²) in [4.78, 5) is 40.8. The van der Waals surface area contributed by atoms with Gasteiger partial charge in [-0.3, -0.25) is 4.79 Å². The summed E-state index contributed by atoms with van der Waals surface area (Å²) in [5.74, 6) is -4.45. The lowest BCUT2D eigenvalue weighted by Crippen LogP contribution is -2.24. The SMILES string of the molecule is CCOC(=O)C(=O)C(=C(O)C(=O)OCC)c1nc2ccccc2n1CC. The number of aromatic nitrogens is 2. The maximum atomic E-state index is 12.6. The molecule has 0 unspecified atom stereocenters. The van der Waals surface area contributed by atoms with Crippen LogP contribution >= 0.6 is 0 Å². The largest absolute Gasteiger partial charge is 0.501 e. The molecule has 0 atom stereocenters. The Labute approximate surface area is 150 Å². The second kappa shape index (κ2) is 8.28. The molecule has 0 aliphatic carbocycles. The fourth-order valence-electron chi connectivity index (χ4n) is 2.50. The number of rotatable bonds is 7. The van der Waals surface area contributed by atoms with Crippen molar-refractivity contribution in [3.8, 4) is 0 Å². The molecule has 8 heteroatoms. The molecule has 138 valence electrons. The number of para-hydroxylation sites is 2. The highest BCUT2D eigenvalue weighted by molar-refractivity contribution is 6.52. The summed E-state index contributed by atoms with van der Waals surface area (Å²) < 4.78 is 11.1. The number of Topliss-reactive ketones (excluding diaryl/α,β-unsaturated/α-hetero) is 1. The monoisotopic (exact) mass is 360 g/mol. The molecule has 0 aliphatic heterocycles. The van der Waals surface area contributed by atoms with Gasteiger partial charge in [-0.1, -0.05) is 12.1 Å². The Morgan fingerprint density at radius 3 is 2.27 bits per heavy atom. The number of imidazole rings is 1. The molecule has 0 fully saturated rings. The lowest BCUT2D eigenvalue weighted by molar-refractivity contribution is -0.151. The zero-order valence-corrected chi connectivity index (χ0v) is 14.8. The topological polar surface area (TPSA) is 108 Å². The highest BCUT2D eigenvalue weighted by Crippen LogP contribution is 2.25. The van der Waals surface area contributed by atoms with Crippen LogP contribution < -0.4 is 0 Å². The van der Waals surface area contributed by atoms with Crippen LogP contribution in [0.1, 0.15) is 26.6 Å². The summed E-state index contributed by atoms with van der Waals surface area (Å²) in [7, 11) is 0. The van der Waals surface area contributed by atoms with Gasteiger partial charge in [-0.2, -0.15) is 0 Å². The van der Waals surface area contributed by atoms with Gasteiger partial charge in [0.05, 0.1) is 24.2 Å². The van der Waals surface area contributed by atoms with Gasteiger partial charge in [-0.05, 0) is 32.9 Å². The number of esters is 2. The highest BCUT2D eigenvalue weighted by atomic mass is 16.5. The molecule has 2 rings (SSSR count). The van der Waals surface area contributed by atoms with Crippen LogP contribution in [0, 0.1) is 0 Å². The number of carbonyl (C=O) groups excluding carboxylic acids is 3. The van der Waals surface area contributed by atoms with Gasteiger partial charge in [-0.15, -0.1) is 0 Å². The van der Waals surface area contributed by atoms with Crippen molar-refractivity contribution < 1.29 is 29.0 Å². The first kappa shape index (κ1) is 19.2. The number of fused-ring (bicyclic) bond motifs is 1. The number of benzene rings is 1. The minimum absolute atomic E-state index is 0.00249. The molecule has 0 bridgehead atoms. The smallest absolute Gasteiger partial charge is 0.379 e. The highest BCUT2D eigenvalue weighted by Gasteiger charge is 2.32. The average Bonchev–Trinajstić information content (AvgIpc) is 3.00. The van der Waals surface area contributed by atoms with Crippen LogP contribution in [0.15, 0.2) is 30.0 Å². The Kier molecular flexibility index (Phi) is 6.11. The summed E-state index contributed by atoms with van der Waals surface area (Å²) in [5.41, 5.74) is 0.700. The van der Waals surface area contributed by atoms with Gasteiger partial charge in [0, 0.05) is 6.54 Å². The predicted molar refractivity (Wildman–Crippen MR) is 93.2 cm³/mol. The van der Waals surface area contributed by atoms with E-state index >= 15 is 0 Å². The Morgan fingerprint density at radius 1 is 1.04 bits per heavy atom. The first-order valence-corrected chi connectivity index (χ1v) is 8.23. The number of aryl methyl sites for hydroxylation is 1. The normalized spacial score (nSPS) is 11.8. The van der Waals surface area contributed by atoms with E-state index in [1.165, 1.54) is 0 Å². The summed E-state index contributed by atoms with van der Waals surface area (Å²) in [6.45, 7) is 5.27. The zero-order valence-electron chi connectivity index (χ0n) is 14.8. The molecule has 2 aromatic rings. The molecule has 1 aromatic carbocycles. The predicted octanol–water partition coefficient (Wildman–Crippen LogP) is 2.02. The van der Waals surface area contributed by atoms with Crippen LogP contribution in [0.4, 0.5) is 0 Å². The summed E-state index contributed by atoms with van der Waals surface area (Å²) in [6.07, 6.45) is 0. The van der Waals surface area contributed by atoms with E-state index in [2.05, 4.69) is 4.98 Å². The maximum absolute atomic E-state index is 12.6. The summed E-state index contributed by atoms with van der Waals surface area (Å²) in [5, 5.41) is 10.3. The number of ether oxygens (including phenoxy) is 2. The maximum Gasteiger partial charge on any atom is 0.379 e. The third kappa shape index (κ3) is 3.58. The molecule has 0 spiro atoms. The number of nitrogens with zero attached hydrogens (tertiary/aromatic N) is 2. The fraction of sp³-hybridized carbons (Fsp3) is 0.333. The van der Waals surface area contributed by atoms with E-state index in [1.54, 1.807) is 42.7 Å². The Morgan fingerprint density at radius 2 is 1.65 bits per heavy atom. The van der Waals surface area contributed by atoms with Gasteiger partial charge in [0.1, 0.15) is 11.4 Å². The second-order valence-corrected chi connectivity index (χ2v) is 5.16. The van der Waals surface area contributed by atoms with Crippen LogP contribution in [0.25, 0.3) is 16.6 Å². The molecular weight excluding hydrogens is 340 g/mol. The summed E-state index contributed by atoms with van der Waals surface area (Å²) >= 11 is 0. The average molecular weight is 360 g/mol. The molecule has 0 saturated heterocycles. The number of hydrogen-bond acceptors (Lipinski definition) is 7. The van der Waals surface area contributed by atoms with Crippen LogP contribution in [0.2, 0.25) is 0 Å². The first-order valence-electron chi connectivity index (χ1n) is 8.23. The van der Waals surface area contributed by atoms with Crippen molar-refractivity contribution in [3.05, 3.63) is 35.8 Å². The molecule has 1 heterocycles. The Bertz CT molecular complexity index is 881. The van der Waals surface area contributed by atoms with Crippen LogP contribution in [0.3, 0.4) is 0 Å². The van der Waals surface area contributed by atoms with Gasteiger partial charge in [0.2, 0.25) is 5.76 Å². The molecule has 0 saturated carbocycles. The van der Waals surface area contributed by atoms with Gasteiger partial charge in [0.15, 0.2) is 0 Å². The van der Waals surface area contributed by atoms with E-state index in [9.17, 15) is 19.5 Å². The Balaban J connectivity index is 2.72. The number of aliphatic hydroxyl groups excluding tert-OH is 1. The van der Waals surface area contributed by atoms with E-state index < -0.39 is 29.1 Å². The van der Waals surface area contributed by atoms with Crippen LogP contribution in [0.5, 0.6) is 0 Å². The lowest BCUT2D eigenvalue weighted by atomic mass is 10.1. The second-order valence-electron chi connectivity index (χ2n) is 5.16. The van der Waals surface area contributed by atoms with Crippen molar-refractivity contribution in [1.29, 1.82) is 0 Å². The molecule has 26 heavy (non-hydrogen) atoms. The van der Waals surface area contributed by atoms with Crippen molar-refractivity contribution in [2.45, 2.75) is 27.3 Å². The third-order valence-electron chi connectivity index (χ3n) is 3.59. The summed E-state index contributed by atoms with van der Waals surface area (Å²) in [6, 6.07) is 7.06. The van der Waals surface area contributed by atoms with Crippen molar-refractivity contribution in [2.75, 3.05) is 13.2 Å². The first-order chi connectivity index (χ1) is 12.5. The van der Waals surface area contributed by atoms with E-state index in [1.807, 2.05) is 6.92 Å². The standard InChI is InChI=1S/C18H20N2O6/c1-4-20-12-10-8-7-9-11(12)19-16(20)13(14(21)17(23)25-5-2)15(22)18(24)26-6-3/h7-10,21H,4-6H2,1-3H3. The molecule has 0 aliphatic rings. The third-order valence-corrected chi connectivity index (χ3v) is 3.59. The molecule has 0 radical (unpaired) electrons. The molecule has 8 nitrogen and oxygen atoms in total. The van der Waals surface area contributed by atoms with Gasteiger partial charge in [0.25, 0.3) is 5.78 Å². The zero-order chi connectivity index (χ0) is 19.3. The van der Waals surface area contributed by atoms with E-state index in [-0.39, 0.29) is 19.0 Å². The Hall–Kier alpha value is -3.16. The number of ketones is 1. The van der Waals surface area contributed by atoms with Crippen LogP contribution in [-0.4, -0.2) is 45.6 Å².